The van der Waals surface area contributed by atoms with Crippen LogP contribution in [0.4, 0.5) is 14.9 Å². The quantitative estimate of drug-likeness (QED) is 0.853. The average molecular weight is 316 g/mol. The third-order valence-electron chi connectivity index (χ3n) is 3.20. The molecule has 0 spiro atoms. The predicted octanol–water partition coefficient (Wildman–Crippen LogP) is 4.50. The summed E-state index contributed by atoms with van der Waals surface area (Å²) in [6, 6.07) is 12.9. The van der Waals surface area contributed by atoms with Crippen LogP contribution in [0, 0.1) is 5.82 Å². The van der Waals surface area contributed by atoms with Crippen LogP contribution in [-0.2, 0) is 0 Å². The first-order valence-corrected chi connectivity index (χ1v) is 7.54. The Morgan fingerprint density at radius 1 is 1.09 bits per heavy atom. The molecule has 2 N–H and O–H groups in total. The van der Waals surface area contributed by atoms with E-state index in [0.29, 0.717) is 0 Å². The molecular weight excluding hydrogens is 295 g/mol. The van der Waals surface area contributed by atoms with Crippen molar-refractivity contribution in [3.8, 4) is 5.75 Å². The molecule has 0 aliphatic carbocycles. The van der Waals surface area contributed by atoms with Crippen LogP contribution >= 0.6 is 0 Å². The van der Waals surface area contributed by atoms with Crippen LogP contribution < -0.4 is 15.4 Å². The zero-order valence-corrected chi connectivity index (χ0v) is 13.5. The van der Waals surface area contributed by atoms with Crippen LogP contribution in [0.25, 0.3) is 0 Å². The Bertz CT molecular complexity index is 674. The molecule has 1 unspecified atom stereocenters. The summed E-state index contributed by atoms with van der Waals surface area (Å²) in [5.74, 6) is 0.281. The number of rotatable bonds is 5. The molecule has 2 aromatic carbocycles. The van der Waals surface area contributed by atoms with Crippen molar-refractivity contribution in [3.63, 3.8) is 0 Å². The van der Waals surface area contributed by atoms with E-state index in [1.165, 1.54) is 12.1 Å². The van der Waals surface area contributed by atoms with Crippen LogP contribution in [0.3, 0.4) is 0 Å². The number of carbonyl (C=O) groups excluding carboxylic acids is 1. The van der Waals surface area contributed by atoms with Gasteiger partial charge in [-0.05, 0) is 50.6 Å². The number of urea groups is 1. The van der Waals surface area contributed by atoms with E-state index in [0.717, 1.165) is 11.3 Å². The lowest BCUT2D eigenvalue weighted by molar-refractivity contribution is 0.241. The summed E-state index contributed by atoms with van der Waals surface area (Å²) in [6.07, 6.45) is 0.0814. The summed E-state index contributed by atoms with van der Waals surface area (Å²) in [7, 11) is 0. The topological polar surface area (TPSA) is 50.4 Å². The van der Waals surface area contributed by atoms with Crippen molar-refractivity contribution in [2.45, 2.75) is 32.9 Å². The highest BCUT2D eigenvalue weighted by molar-refractivity contribution is 5.89. The lowest BCUT2D eigenvalue weighted by Gasteiger charge is -2.17. The summed E-state index contributed by atoms with van der Waals surface area (Å²) in [5, 5.41) is 5.28. The van der Waals surface area contributed by atoms with Gasteiger partial charge in [0.1, 0.15) is 11.6 Å². The molecule has 2 rings (SSSR count). The maximum atomic E-state index is 13.5. The second kappa shape index (κ2) is 7.63. The number of hydrogen-bond acceptors (Lipinski definition) is 2. The molecule has 1 atom stereocenters. The van der Waals surface area contributed by atoms with E-state index < -0.39 is 11.8 Å². The molecule has 0 aliphatic heterocycles. The normalized spacial score (nSPS) is 11.9. The molecule has 0 fully saturated rings. The highest BCUT2D eigenvalue weighted by Crippen LogP contribution is 2.20. The number of nitrogens with one attached hydrogen (secondary N) is 2. The largest absolute Gasteiger partial charge is 0.491 e. The molecule has 5 heteroatoms. The van der Waals surface area contributed by atoms with Crippen LogP contribution in [-0.4, -0.2) is 12.1 Å². The Balaban J connectivity index is 1.99. The van der Waals surface area contributed by atoms with Gasteiger partial charge >= 0.3 is 6.03 Å². The van der Waals surface area contributed by atoms with Gasteiger partial charge in [0, 0.05) is 0 Å². The number of carbonyl (C=O) groups is 1. The van der Waals surface area contributed by atoms with E-state index in [9.17, 15) is 9.18 Å². The fourth-order valence-electron chi connectivity index (χ4n) is 2.13. The van der Waals surface area contributed by atoms with Gasteiger partial charge in [0.2, 0.25) is 0 Å². The fourth-order valence-corrected chi connectivity index (χ4v) is 2.13. The minimum Gasteiger partial charge on any atom is -0.491 e. The number of halogens is 1. The smallest absolute Gasteiger partial charge is 0.319 e. The van der Waals surface area contributed by atoms with Gasteiger partial charge in [0.05, 0.1) is 17.8 Å². The number of benzene rings is 2. The van der Waals surface area contributed by atoms with Gasteiger partial charge in [-0.1, -0.05) is 24.3 Å². The summed E-state index contributed by atoms with van der Waals surface area (Å²) < 4.78 is 19.2. The van der Waals surface area contributed by atoms with Crippen molar-refractivity contribution in [2.75, 3.05) is 5.32 Å². The number of para-hydroxylation sites is 1. The Morgan fingerprint density at radius 2 is 1.83 bits per heavy atom. The van der Waals surface area contributed by atoms with Crippen LogP contribution in [0.2, 0.25) is 0 Å². The summed E-state index contributed by atoms with van der Waals surface area (Å²) >= 11 is 0. The van der Waals surface area contributed by atoms with Gasteiger partial charge < -0.3 is 15.4 Å². The Morgan fingerprint density at radius 3 is 2.52 bits per heavy atom. The molecule has 0 radical (unpaired) electrons. The minimum absolute atomic E-state index is 0.0814. The van der Waals surface area contributed by atoms with Gasteiger partial charge in [0.25, 0.3) is 0 Å². The van der Waals surface area contributed by atoms with Crippen LogP contribution in [0.5, 0.6) is 5.75 Å². The SMILES string of the molecule is CC(C)Oc1cccc(C(C)NC(=O)Nc2ccccc2F)c1. The first-order chi connectivity index (χ1) is 11.0. The highest BCUT2D eigenvalue weighted by atomic mass is 19.1. The first-order valence-electron chi connectivity index (χ1n) is 7.54. The average Bonchev–Trinajstić information content (AvgIpc) is 2.49. The van der Waals surface area contributed by atoms with Crippen molar-refractivity contribution >= 4 is 11.7 Å². The number of anilines is 1. The zero-order valence-electron chi connectivity index (χ0n) is 13.5. The van der Waals surface area contributed by atoms with Crippen molar-refractivity contribution < 1.29 is 13.9 Å². The Hall–Kier alpha value is -2.56. The molecule has 0 saturated carbocycles. The fraction of sp³-hybridized carbons (Fsp3) is 0.278. The summed E-state index contributed by atoms with van der Waals surface area (Å²) in [5.41, 5.74) is 1.06. The minimum atomic E-state index is -0.470. The van der Waals surface area contributed by atoms with Crippen molar-refractivity contribution in [3.05, 3.63) is 59.9 Å². The first kappa shape index (κ1) is 16.8. The predicted molar refractivity (Wildman–Crippen MR) is 89.2 cm³/mol. The molecule has 0 aliphatic rings. The number of ether oxygens (including phenoxy) is 1. The molecule has 0 heterocycles. The lowest BCUT2D eigenvalue weighted by Crippen LogP contribution is -2.31. The van der Waals surface area contributed by atoms with E-state index in [1.807, 2.05) is 45.0 Å². The van der Waals surface area contributed by atoms with E-state index in [1.54, 1.807) is 12.1 Å². The van der Waals surface area contributed by atoms with Crippen molar-refractivity contribution in [1.29, 1.82) is 0 Å². The third kappa shape index (κ3) is 4.98. The zero-order chi connectivity index (χ0) is 16.8. The molecule has 2 aromatic rings. The van der Waals surface area contributed by atoms with E-state index >= 15 is 0 Å². The highest BCUT2D eigenvalue weighted by Gasteiger charge is 2.12. The molecular formula is C18H21FN2O2. The summed E-state index contributed by atoms with van der Waals surface area (Å²) in [4.78, 5) is 12.0. The van der Waals surface area contributed by atoms with E-state index in [4.69, 9.17) is 4.74 Å². The molecule has 4 nitrogen and oxygen atoms in total. The Kier molecular flexibility index (Phi) is 5.57. The Labute approximate surface area is 135 Å². The second-order valence-electron chi connectivity index (χ2n) is 5.54. The van der Waals surface area contributed by atoms with Gasteiger partial charge in [-0.3, -0.25) is 0 Å². The maximum Gasteiger partial charge on any atom is 0.319 e. The molecule has 23 heavy (non-hydrogen) atoms. The van der Waals surface area contributed by atoms with E-state index in [-0.39, 0.29) is 17.8 Å². The number of hydrogen-bond donors (Lipinski definition) is 2. The second-order valence-corrected chi connectivity index (χ2v) is 5.54. The van der Waals surface area contributed by atoms with Crippen LogP contribution in [0.1, 0.15) is 32.4 Å². The molecule has 0 aromatic heterocycles. The molecule has 0 saturated heterocycles. The molecule has 2 amide bonds. The van der Waals surface area contributed by atoms with Gasteiger partial charge in [-0.15, -0.1) is 0 Å². The van der Waals surface area contributed by atoms with Crippen LogP contribution in [0.15, 0.2) is 48.5 Å². The third-order valence-corrected chi connectivity index (χ3v) is 3.20. The summed E-state index contributed by atoms with van der Waals surface area (Å²) in [6.45, 7) is 5.77. The molecule has 0 bridgehead atoms. The van der Waals surface area contributed by atoms with Crippen molar-refractivity contribution in [1.82, 2.24) is 5.32 Å². The maximum absolute atomic E-state index is 13.5. The monoisotopic (exact) mass is 316 g/mol. The van der Waals surface area contributed by atoms with Gasteiger partial charge in [-0.25, -0.2) is 9.18 Å². The lowest BCUT2D eigenvalue weighted by atomic mass is 10.1. The number of amides is 2. The standard InChI is InChI=1S/C18H21FN2O2/c1-12(2)23-15-8-6-7-14(11-15)13(3)20-18(22)21-17-10-5-4-9-16(17)19/h4-13H,1-3H3,(H2,20,21,22). The van der Waals surface area contributed by atoms with Crippen molar-refractivity contribution in [2.24, 2.45) is 0 Å². The van der Waals surface area contributed by atoms with Gasteiger partial charge in [0.15, 0.2) is 0 Å². The van der Waals surface area contributed by atoms with Gasteiger partial charge in [-0.2, -0.15) is 0 Å². The molecule has 122 valence electrons. The van der Waals surface area contributed by atoms with E-state index in [2.05, 4.69) is 10.6 Å².